The molecule has 1 atom stereocenters. The van der Waals surface area contributed by atoms with E-state index < -0.39 is 18.8 Å². The van der Waals surface area contributed by atoms with Gasteiger partial charge in [-0.05, 0) is 32.9 Å². The molecule has 0 aliphatic carbocycles. The summed E-state index contributed by atoms with van der Waals surface area (Å²) in [5, 5.41) is 9.29. The molecule has 0 unspecified atom stereocenters. The van der Waals surface area contributed by atoms with Crippen LogP contribution in [-0.2, 0) is 0 Å². The smallest absolute Gasteiger partial charge is 0.387 e. The van der Waals surface area contributed by atoms with Gasteiger partial charge in [0.25, 0.3) is 0 Å². The Morgan fingerprint density at radius 3 is 2.22 bits per heavy atom. The van der Waals surface area contributed by atoms with Crippen molar-refractivity contribution in [2.75, 3.05) is 11.4 Å². The van der Waals surface area contributed by atoms with Gasteiger partial charge in [-0.2, -0.15) is 13.2 Å². The van der Waals surface area contributed by atoms with Crippen molar-refractivity contribution >= 4 is 5.69 Å². The number of halogens is 3. The molecule has 102 valence electrons. The molecule has 0 bridgehead atoms. The first kappa shape index (κ1) is 14.8. The largest absolute Gasteiger partial charge is 0.405 e. The molecule has 18 heavy (non-hydrogen) atoms. The SMILES string of the molecule is CC(C)N(CC(F)(F)F)c1ccc([C@H](C)O)nc1. The highest BCUT2D eigenvalue weighted by Gasteiger charge is 2.32. The summed E-state index contributed by atoms with van der Waals surface area (Å²) < 4.78 is 37.4. The highest BCUT2D eigenvalue weighted by atomic mass is 19.4. The Morgan fingerprint density at radius 2 is 1.89 bits per heavy atom. The van der Waals surface area contributed by atoms with E-state index in [1.54, 1.807) is 26.8 Å². The average molecular weight is 262 g/mol. The minimum Gasteiger partial charge on any atom is -0.387 e. The Labute approximate surface area is 104 Å². The van der Waals surface area contributed by atoms with Gasteiger partial charge in [0.15, 0.2) is 0 Å². The van der Waals surface area contributed by atoms with Gasteiger partial charge >= 0.3 is 6.18 Å². The van der Waals surface area contributed by atoms with Gasteiger partial charge in [-0.3, -0.25) is 4.98 Å². The van der Waals surface area contributed by atoms with Crippen molar-refractivity contribution in [3.8, 4) is 0 Å². The Bertz CT molecular complexity index is 374. The highest BCUT2D eigenvalue weighted by molar-refractivity contribution is 5.45. The summed E-state index contributed by atoms with van der Waals surface area (Å²) in [6, 6.07) is 2.79. The molecule has 1 aromatic heterocycles. The molecule has 0 aliphatic heterocycles. The number of alkyl halides is 3. The van der Waals surface area contributed by atoms with Crippen LogP contribution in [0.25, 0.3) is 0 Å². The Balaban J connectivity index is 2.93. The highest BCUT2D eigenvalue weighted by Crippen LogP contribution is 2.24. The molecule has 0 aromatic carbocycles. The third kappa shape index (κ3) is 4.18. The molecular weight excluding hydrogens is 245 g/mol. The van der Waals surface area contributed by atoms with E-state index in [0.29, 0.717) is 11.4 Å². The maximum Gasteiger partial charge on any atom is 0.405 e. The number of hydrogen-bond donors (Lipinski definition) is 1. The Morgan fingerprint density at radius 1 is 1.28 bits per heavy atom. The van der Waals surface area contributed by atoms with Crippen molar-refractivity contribution in [1.29, 1.82) is 0 Å². The first-order chi connectivity index (χ1) is 8.20. The predicted octanol–water partition coefficient (Wildman–Crippen LogP) is 2.91. The number of rotatable bonds is 4. The van der Waals surface area contributed by atoms with Gasteiger partial charge in [0, 0.05) is 6.04 Å². The van der Waals surface area contributed by atoms with E-state index in [0.717, 1.165) is 0 Å². The van der Waals surface area contributed by atoms with E-state index >= 15 is 0 Å². The van der Waals surface area contributed by atoms with E-state index in [2.05, 4.69) is 4.98 Å². The summed E-state index contributed by atoms with van der Waals surface area (Å²) in [4.78, 5) is 5.17. The molecule has 1 heterocycles. The number of aliphatic hydroxyl groups excluding tert-OH is 1. The number of nitrogens with zero attached hydrogens (tertiary/aromatic N) is 2. The zero-order chi connectivity index (χ0) is 13.9. The molecule has 6 heteroatoms. The molecule has 0 fully saturated rings. The third-order valence-electron chi connectivity index (χ3n) is 2.50. The van der Waals surface area contributed by atoms with Crippen LogP contribution < -0.4 is 4.90 Å². The number of hydrogen-bond acceptors (Lipinski definition) is 3. The summed E-state index contributed by atoms with van der Waals surface area (Å²) >= 11 is 0. The van der Waals surface area contributed by atoms with Crippen molar-refractivity contribution < 1.29 is 18.3 Å². The van der Waals surface area contributed by atoms with Crippen molar-refractivity contribution in [1.82, 2.24) is 4.98 Å². The Kier molecular flexibility index (Phi) is 4.56. The van der Waals surface area contributed by atoms with E-state index in [9.17, 15) is 18.3 Å². The second kappa shape index (κ2) is 5.56. The van der Waals surface area contributed by atoms with Crippen LogP contribution in [0.1, 0.15) is 32.6 Å². The summed E-state index contributed by atoms with van der Waals surface area (Å²) in [6.07, 6.45) is -3.63. The maximum atomic E-state index is 12.5. The number of anilines is 1. The molecule has 1 aromatic rings. The van der Waals surface area contributed by atoms with Crippen LogP contribution in [0, 0.1) is 0 Å². The second-order valence-electron chi connectivity index (χ2n) is 4.45. The van der Waals surface area contributed by atoms with Crippen LogP contribution in [0.2, 0.25) is 0 Å². The molecule has 0 amide bonds. The summed E-state index contributed by atoms with van der Waals surface area (Å²) in [5.74, 6) is 0. The summed E-state index contributed by atoms with van der Waals surface area (Å²) in [5.41, 5.74) is 0.834. The van der Waals surface area contributed by atoms with Crippen LogP contribution in [-0.4, -0.2) is 28.9 Å². The average Bonchev–Trinajstić information content (AvgIpc) is 2.24. The normalized spacial score (nSPS) is 13.8. The van der Waals surface area contributed by atoms with Crippen molar-refractivity contribution in [3.63, 3.8) is 0 Å². The number of aliphatic hydroxyl groups is 1. The lowest BCUT2D eigenvalue weighted by Gasteiger charge is -2.29. The van der Waals surface area contributed by atoms with E-state index in [-0.39, 0.29) is 6.04 Å². The van der Waals surface area contributed by atoms with E-state index in [1.807, 2.05) is 0 Å². The summed E-state index contributed by atoms with van der Waals surface area (Å²) in [7, 11) is 0. The van der Waals surface area contributed by atoms with Gasteiger partial charge in [0.2, 0.25) is 0 Å². The fourth-order valence-corrected chi connectivity index (χ4v) is 1.58. The molecule has 0 aliphatic rings. The van der Waals surface area contributed by atoms with Gasteiger partial charge in [0.05, 0.1) is 23.7 Å². The van der Waals surface area contributed by atoms with E-state index in [1.165, 1.54) is 17.2 Å². The molecule has 3 nitrogen and oxygen atoms in total. The zero-order valence-electron chi connectivity index (χ0n) is 10.6. The van der Waals surface area contributed by atoms with Crippen molar-refractivity contribution in [3.05, 3.63) is 24.0 Å². The Hall–Kier alpha value is -1.30. The van der Waals surface area contributed by atoms with Crippen LogP contribution >= 0.6 is 0 Å². The first-order valence-corrected chi connectivity index (χ1v) is 5.68. The lowest BCUT2D eigenvalue weighted by atomic mass is 10.2. The second-order valence-corrected chi connectivity index (χ2v) is 4.45. The maximum absolute atomic E-state index is 12.5. The fraction of sp³-hybridized carbons (Fsp3) is 0.583. The van der Waals surface area contributed by atoms with Crippen LogP contribution in [0.5, 0.6) is 0 Å². The van der Waals surface area contributed by atoms with Gasteiger partial charge < -0.3 is 10.0 Å². The van der Waals surface area contributed by atoms with Crippen LogP contribution in [0.4, 0.5) is 18.9 Å². The topological polar surface area (TPSA) is 36.4 Å². The molecule has 1 rings (SSSR count). The zero-order valence-corrected chi connectivity index (χ0v) is 10.6. The van der Waals surface area contributed by atoms with Crippen molar-refractivity contribution in [2.24, 2.45) is 0 Å². The first-order valence-electron chi connectivity index (χ1n) is 5.68. The predicted molar refractivity (Wildman–Crippen MR) is 63.4 cm³/mol. The van der Waals surface area contributed by atoms with Gasteiger partial charge in [-0.25, -0.2) is 0 Å². The lowest BCUT2D eigenvalue weighted by Crippen LogP contribution is -2.39. The third-order valence-corrected chi connectivity index (χ3v) is 2.50. The molecule has 0 radical (unpaired) electrons. The van der Waals surface area contributed by atoms with Gasteiger partial charge in [0.1, 0.15) is 6.54 Å². The number of pyridine rings is 1. The standard InChI is InChI=1S/C12H17F3N2O/c1-8(2)17(7-12(13,14)15)10-4-5-11(9(3)18)16-6-10/h4-6,8-9,18H,7H2,1-3H3/t9-/m0/s1. The van der Waals surface area contributed by atoms with Crippen molar-refractivity contribution in [2.45, 2.75) is 39.1 Å². The fourth-order valence-electron chi connectivity index (χ4n) is 1.58. The monoisotopic (exact) mass is 262 g/mol. The van der Waals surface area contributed by atoms with Crippen LogP contribution in [0.3, 0.4) is 0 Å². The minimum atomic E-state index is -4.26. The van der Waals surface area contributed by atoms with Gasteiger partial charge in [-0.1, -0.05) is 0 Å². The molecule has 1 N–H and O–H groups in total. The summed E-state index contributed by atoms with van der Waals surface area (Å²) in [6.45, 7) is 3.92. The molecule has 0 saturated heterocycles. The quantitative estimate of drug-likeness (QED) is 0.906. The lowest BCUT2D eigenvalue weighted by molar-refractivity contribution is -0.120. The van der Waals surface area contributed by atoms with Gasteiger partial charge in [-0.15, -0.1) is 0 Å². The molecule has 0 spiro atoms. The minimum absolute atomic E-state index is 0.286. The molecular formula is C12H17F3N2O. The number of aromatic nitrogens is 1. The molecule has 0 saturated carbocycles. The van der Waals surface area contributed by atoms with E-state index in [4.69, 9.17) is 0 Å². The van der Waals surface area contributed by atoms with Crippen LogP contribution in [0.15, 0.2) is 18.3 Å².